The lowest BCUT2D eigenvalue weighted by Gasteiger charge is -2.39. The van der Waals surface area contributed by atoms with Crippen LogP contribution in [-0.2, 0) is 14.9 Å². The van der Waals surface area contributed by atoms with Crippen LogP contribution in [0.3, 0.4) is 0 Å². The van der Waals surface area contributed by atoms with E-state index in [1.807, 2.05) is 12.1 Å². The number of carbonyl (C=O) groups is 1. The molecule has 0 amide bonds. The number of ketones is 1. The van der Waals surface area contributed by atoms with Crippen molar-refractivity contribution in [2.24, 2.45) is 0 Å². The predicted molar refractivity (Wildman–Crippen MR) is 47.4 cm³/mol. The molecule has 1 saturated heterocycles. The fourth-order valence-corrected chi connectivity index (χ4v) is 1.55. The standard InChI is InChI=1S/C10H11NO2/c1-8(12)10(6-13-7-10)9-2-4-11-5-3-9/h2-5H,6-7H2,1H3. The minimum absolute atomic E-state index is 0.171. The zero-order valence-electron chi connectivity index (χ0n) is 7.49. The van der Waals surface area contributed by atoms with Crippen LogP contribution >= 0.6 is 0 Å². The number of nitrogens with zero attached hydrogens (tertiary/aromatic N) is 1. The molecule has 0 saturated carbocycles. The van der Waals surface area contributed by atoms with Gasteiger partial charge in [-0.3, -0.25) is 9.78 Å². The Morgan fingerprint density at radius 2 is 2.08 bits per heavy atom. The van der Waals surface area contributed by atoms with Gasteiger partial charge >= 0.3 is 0 Å². The van der Waals surface area contributed by atoms with Crippen molar-refractivity contribution in [2.45, 2.75) is 12.3 Å². The lowest BCUT2D eigenvalue weighted by Crippen LogP contribution is -2.52. The van der Waals surface area contributed by atoms with Gasteiger partial charge in [0.2, 0.25) is 0 Å². The topological polar surface area (TPSA) is 39.2 Å². The third kappa shape index (κ3) is 1.16. The summed E-state index contributed by atoms with van der Waals surface area (Å²) in [4.78, 5) is 15.4. The van der Waals surface area contributed by atoms with E-state index >= 15 is 0 Å². The van der Waals surface area contributed by atoms with Crippen molar-refractivity contribution in [1.29, 1.82) is 0 Å². The summed E-state index contributed by atoms with van der Waals surface area (Å²) in [6.07, 6.45) is 3.41. The molecule has 1 aromatic rings. The number of hydrogen-bond acceptors (Lipinski definition) is 3. The monoisotopic (exact) mass is 177 g/mol. The Kier molecular flexibility index (Phi) is 1.88. The molecule has 2 heterocycles. The van der Waals surface area contributed by atoms with Gasteiger partial charge in [0.05, 0.1) is 13.2 Å². The molecule has 1 aliphatic heterocycles. The molecule has 3 heteroatoms. The third-order valence-electron chi connectivity index (χ3n) is 2.60. The zero-order chi connectivity index (χ0) is 9.31. The lowest BCUT2D eigenvalue weighted by molar-refractivity contribution is -0.140. The van der Waals surface area contributed by atoms with Crippen LogP contribution in [0.15, 0.2) is 24.5 Å². The van der Waals surface area contributed by atoms with Gasteiger partial charge in [-0.05, 0) is 24.6 Å². The number of Topliss-reactive ketones (excluding diaryl/α,β-unsaturated/α-hetero) is 1. The van der Waals surface area contributed by atoms with Crippen LogP contribution in [0.25, 0.3) is 0 Å². The Morgan fingerprint density at radius 1 is 1.46 bits per heavy atom. The SMILES string of the molecule is CC(=O)C1(c2ccncc2)COC1. The van der Waals surface area contributed by atoms with Gasteiger partial charge in [-0.25, -0.2) is 0 Å². The number of aromatic nitrogens is 1. The molecule has 0 spiro atoms. The second-order valence-corrected chi connectivity index (χ2v) is 3.37. The van der Waals surface area contributed by atoms with E-state index in [0.717, 1.165) is 5.56 Å². The van der Waals surface area contributed by atoms with Crippen molar-refractivity contribution in [1.82, 2.24) is 4.98 Å². The second-order valence-electron chi connectivity index (χ2n) is 3.37. The summed E-state index contributed by atoms with van der Waals surface area (Å²) < 4.78 is 5.11. The van der Waals surface area contributed by atoms with Crippen LogP contribution in [0.2, 0.25) is 0 Å². The van der Waals surface area contributed by atoms with E-state index in [4.69, 9.17) is 4.74 Å². The Bertz CT molecular complexity index is 317. The first-order chi connectivity index (χ1) is 6.26. The zero-order valence-corrected chi connectivity index (χ0v) is 7.49. The third-order valence-corrected chi connectivity index (χ3v) is 2.60. The average Bonchev–Trinajstić information content (AvgIpc) is 2.03. The quantitative estimate of drug-likeness (QED) is 0.674. The van der Waals surface area contributed by atoms with E-state index in [2.05, 4.69) is 4.98 Å². The highest BCUT2D eigenvalue weighted by atomic mass is 16.5. The number of pyridine rings is 1. The fraction of sp³-hybridized carbons (Fsp3) is 0.400. The predicted octanol–water partition coefficient (Wildman–Crippen LogP) is 0.939. The van der Waals surface area contributed by atoms with Crippen molar-refractivity contribution < 1.29 is 9.53 Å². The summed E-state index contributed by atoms with van der Waals surface area (Å²) in [7, 11) is 0. The van der Waals surface area contributed by atoms with Gasteiger partial charge in [-0.2, -0.15) is 0 Å². The number of carbonyl (C=O) groups excluding carboxylic acids is 1. The Labute approximate surface area is 76.7 Å². The summed E-state index contributed by atoms with van der Waals surface area (Å²) in [5, 5.41) is 0. The van der Waals surface area contributed by atoms with Crippen molar-refractivity contribution in [3.63, 3.8) is 0 Å². The van der Waals surface area contributed by atoms with E-state index in [1.165, 1.54) is 0 Å². The van der Waals surface area contributed by atoms with E-state index in [1.54, 1.807) is 19.3 Å². The highest BCUT2D eigenvalue weighted by Gasteiger charge is 2.44. The molecule has 2 rings (SSSR count). The van der Waals surface area contributed by atoms with Gasteiger partial charge in [0.15, 0.2) is 0 Å². The van der Waals surface area contributed by atoms with Crippen molar-refractivity contribution in [2.75, 3.05) is 13.2 Å². The first kappa shape index (κ1) is 8.38. The summed E-state index contributed by atoms with van der Waals surface area (Å²) in [5.74, 6) is 0.171. The number of ether oxygens (including phenoxy) is 1. The van der Waals surface area contributed by atoms with Crippen LogP contribution in [0, 0.1) is 0 Å². The van der Waals surface area contributed by atoms with E-state index in [0.29, 0.717) is 13.2 Å². The minimum atomic E-state index is -0.386. The highest BCUT2D eigenvalue weighted by molar-refractivity contribution is 5.89. The Balaban J connectivity index is 2.38. The molecule has 0 bridgehead atoms. The summed E-state index contributed by atoms with van der Waals surface area (Å²) in [6.45, 7) is 2.63. The van der Waals surface area contributed by atoms with Crippen molar-refractivity contribution in [3.05, 3.63) is 30.1 Å². The molecule has 0 unspecified atom stereocenters. The molecule has 0 aromatic carbocycles. The molecule has 0 N–H and O–H groups in total. The molecule has 1 fully saturated rings. The van der Waals surface area contributed by atoms with Crippen LogP contribution in [0.5, 0.6) is 0 Å². The summed E-state index contributed by atoms with van der Waals surface area (Å²) >= 11 is 0. The lowest BCUT2D eigenvalue weighted by atomic mass is 9.76. The normalized spacial score (nSPS) is 19.2. The fourth-order valence-electron chi connectivity index (χ4n) is 1.55. The van der Waals surface area contributed by atoms with Gasteiger partial charge in [-0.1, -0.05) is 0 Å². The highest BCUT2D eigenvalue weighted by Crippen LogP contribution is 2.32. The number of rotatable bonds is 2. The van der Waals surface area contributed by atoms with Gasteiger partial charge in [-0.15, -0.1) is 0 Å². The van der Waals surface area contributed by atoms with E-state index in [-0.39, 0.29) is 11.2 Å². The Morgan fingerprint density at radius 3 is 2.46 bits per heavy atom. The minimum Gasteiger partial charge on any atom is -0.378 e. The van der Waals surface area contributed by atoms with Gasteiger partial charge in [0.25, 0.3) is 0 Å². The molecular formula is C10H11NO2. The molecule has 0 radical (unpaired) electrons. The van der Waals surface area contributed by atoms with Crippen molar-refractivity contribution in [3.8, 4) is 0 Å². The molecule has 1 aliphatic rings. The molecule has 68 valence electrons. The maximum atomic E-state index is 11.4. The van der Waals surface area contributed by atoms with Crippen LogP contribution in [0.4, 0.5) is 0 Å². The van der Waals surface area contributed by atoms with Crippen LogP contribution in [0.1, 0.15) is 12.5 Å². The van der Waals surface area contributed by atoms with Crippen LogP contribution < -0.4 is 0 Å². The van der Waals surface area contributed by atoms with E-state index < -0.39 is 0 Å². The van der Waals surface area contributed by atoms with Gasteiger partial charge in [0, 0.05) is 12.4 Å². The second kappa shape index (κ2) is 2.92. The van der Waals surface area contributed by atoms with Gasteiger partial charge < -0.3 is 4.74 Å². The summed E-state index contributed by atoms with van der Waals surface area (Å²) in [6, 6.07) is 3.76. The number of hydrogen-bond donors (Lipinski definition) is 0. The molecule has 3 nitrogen and oxygen atoms in total. The van der Waals surface area contributed by atoms with Gasteiger partial charge in [0.1, 0.15) is 11.2 Å². The molecular weight excluding hydrogens is 166 g/mol. The maximum absolute atomic E-state index is 11.4. The summed E-state index contributed by atoms with van der Waals surface area (Å²) in [5.41, 5.74) is 0.629. The largest absolute Gasteiger partial charge is 0.378 e. The molecule has 0 aliphatic carbocycles. The average molecular weight is 177 g/mol. The van der Waals surface area contributed by atoms with E-state index in [9.17, 15) is 4.79 Å². The molecule has 0 atom stereocenters. The first-order valence-electron chi connectivity index (χ1n) is 4.25. The molecule has 13 heavy (non-hydrogen) atoms. The maximum Gasteiger partial charge on any atom is 0.145 e. The van der Waals surface area contributed by atoms with Crippen LogP contribution in [-0.4, -0.2) is 24.0 Å². The molecule has 1 aromatic heterocycles. The Hall–Kier alpha value is -1.22. The smallest absolute Gasteiger partial charge is 0.145 e. The first-order valence-corrected chi connectivity index (χ1v) is 4.25. The van der Waals surface area contributed by atoms with Crippen molar-refractivity contribution >= 4 is 5.78 Å².